The fraction of sp³-hybridized carbons (Fsp3) is 0.524. The highest BCUT2D eigenvalue weighted by Crippen LogP contribution is 2.46. The molecule has 1 amide bonds. The Morgan fingerprint density at radius 3 is 2.33 bits per heavy atom. The highest BCUT2D eigenvalue weighted by atomic mass is 19.1. The lowest BCUT2D eigenvalue weighted by Gasteiger charge is -2.27. The average Bonchev–Trinajstić information content (AvgIpc) is 3.20. The zero-order valence-electron chi connectivity index (χ0n) is 16.0. The van der Waals surface area contributed by atoms with Crippen LogP contribution in [0.5, 0.6) is 0 Å². The van der Waals surface area contributed by atoms with Crippen LogP contribution in [0, 0.1) is 17.7 Å². The molecule has 4 rings (SSSR count). The predicted octanol–water partition coefficient (Wildman–Crippen LogP) is 2.86. The second kappa shape index (κ2) is 6.75. The molecule has 1 N–H and O–H groups in total. The Bertz CT molecular complexity index is 925. The summed E-state index contributed by atoms with van der Waals surface area (Å²) in [4.78, 5) is 32.1. The molecule has 0 saturated heterocycles. The van der Waals surface area contributed by atoms with E-state index in [1.165, 1.54) is 31.0 Å². The largest absolute Gasteiger partial charge is 0.348 e. The second-order valence-electron chi connectivity index (χ2n) is 8.36. The summed E-state index contributed by atoms with van der Waals surface area (Å²) in [6.45, 7) is 0. The number of rotatable bonds is 3. The van der Waals surface area contributed by atoms with Crippen LogP contribution in [-0.4, -0.2) is 53.9 Å². The third kappa shape index (κ3) is 3.16. The van der Waals surface area contributed by atoms with Gasteiger partial charge < -0.3 is 14.8 Å². The summed E-state index contributed by atoms with van der Waals surface area (Å²) in [5.41, 5.74) is -0.0840. The van der Waals surface area contributed by atoms with Crippen molar-refractivity contribution in [3.8, 4) is 0 Å². The molecule has 1 aromatic heterocycles. The first-order valence-electron chi connectivity index (χ1n) is 9.60. The van der Waals surface area contributed by atoms with E-state index in [2.05, 4.69) is 24.0 Å². The number of fused-ring (bicyclic) bond motifs is 2. The van der Waals surface area contributed by atoms with E-state index in [9.17, 15) is 14.0 Å². The number of aromatic amines is 1. The molecule has 4 atom stereocenters. The molecule has 2 aliphatic carbocycles. The zero-order valence-corrected chi connectivity index (χ0v) is 16.0. The first kappa shape index (κ1) is 18.2. The number of hydrogen-bond acceptors (Lipinski definition) is 3. The zero-order chi connectivity index (χ0) is 19.3. The fourth-order valence-corrected chi connectivity index (χ4v) is 5.00. The lowest BCUT2D eigenvalue weighted by atomic mass is 10.0. The van der Waals surface area contributed by atoms with Crippen molar-refractivity contribution in [3.05, 3.63) is 46.0 Å². The van der Waals surface area contributed by atoms with E-state index in [0.717, 1.165) is 12.8 Å². The van der Waals surface area contributed by atoms with Crippen LogP contribution < -0.4 is 5.43 Å². The molecular weight excluding hydrogens is 345 g/mol. The maximum Gasteiger partial charge on any atom is 0.270 e. The number of aromatic nitrogens is 1. The molecule has 1 heterocycles. The van der Waals surface area contributed by atoms with Crippen molar-refractivity contribution in [1.29, 1.82) is 0 Å². The van der Waals surface area contributed by atoms with E-state index in [-0.39, 0.29) is 34.0 Å². The lowest BCUT2D eigenvalue weighted by molar-refractivity contribution is 0.0720. The van der Waals surface area contributed by atoms with Gasteiger partial charge in [0.25, 0.3) is 5.91 Å². The minimum absolute atomic E-state index is 0.0962. The standard InChI is InChI=1S/C21H26FN3O2/c1-24(2)14-7-12-9-15(10-13(12)8-14)25(3)21(27)18-11-19(26)16-5-4-6-17(22)20(16)23-18/h4-6,11-15H,7-10H2,1-3H3,(H,23,26)/t12-,13+,14?,15?. The maximum atomic E-state index is 14.1. The molecule has 2 unspecified atom stereocenters. The third-order valence-electron chi connectivity index (χ3n) is 6.61. The van der Waals surface area contributed by atoms with Crippen LogP contribution in [-0.2, 0) is 0 Å². The number of hydrogen-bond donors (Lipinski definition) is 1. The predicted molar refractivity (Wildman–Crippen MR) is 103 cm³/mol. The number of para-hydroxylation sites is 1. The summed E-state index contributed by atoms with van der Waals surface area (Å²) in [6, 6.07) is 6.46. The van der Waals surface area contributed by atoms with E-state index < -0.39 is 5.82 Å². The molecule has 2 saturated carbocycles. The number of halogens is 1. The summed E-state index contributed by atoms with van der Waals surface area (Å²) < 4.78 is 14.1. The SMILES string of the molecule is CN(C)C1C[C@@H]2CC(N(C)C(=O)c3cc(=O)c4cccc(F)c4[nH]3)C[C@@H]2C1. The second-order valence-corrected chi connectivity index (χ2v) is 8.36. The van der Waals surface area contributed by atoms with Crippen LogP contribution in [0.1, 0.15) is 36.2 Å². The van der Waals surface area contributed by atoms with Gasteiger partial charge in [0.1, 0.15) is 11.5 Å². The molecule has 27 heavy (non-hydrogen) atoms. The minimum Gasteiger partial charge on any atom is -0.348 e. The maximum absolute atomic E-state index is 14.1. The molecular formula is C21H26FN3O2. The van der Waals surface area contributed by atoms with Gasteiger partial charge in [0.2, 0.25) is 0 Å². The van der Waals surface area contributed by atoms with Crippen LogP contribution in [0.2, 0.25) is 0 Å². The number of carbonyl (C=O) groups is 1. The van der Waals surface area contributed by atoms with E-state index in [4.69, 9.17) is 0 Å². The Balaban J connectivity index is 1.53. The quantitative estimate of drug-likeness (QED) is 0.903. The Labute approximate surface area is 158 Å². The summed E-state index contributed by atoms with van der Waals surface area (Å²) in [5, 5.41) is 0.263. The fourth-order valence-electron chi connectivity index (χ4n) is 5.00. The van der Waals surface area contributed by atoms with Crippen molar-refractivity contribution >= 4 is 16.8 Å². The molecule has 0 radical (unpaired) electrons. The van der Waals surface area contributed by atoms with Gasteiger partial charge in [-0.15, -0.1) is 0 Å². The van der Waals surface area contributed by atoms with Gasteiger partial charge in [0.05, 0.1) is 5.52 Å². The van der Waals surface area contributed by atoms with Crippen LogP contribution in [0.4, 0.5) is 4.39 Å². The molecule has 1 aromatic carbocycles. The topological polar surface area (TPSA) is 56.4 Å². The first-order valence-corrected chi connectivity index (χ1v) is 9.60. The number of benzene rings is 1. The van der Waals surface area contributed by atoms with Gasteiger partial charge in [0.15, 0.2) is 5.43 Å². The molecule has 144 valence electrons. The molecule has 5 nitrogen and oxygen atoms in total. The average molecular weight is 371 g/mol. The molecule has 6 heteroatoms. The Morgan fingerprint density at radius 1 is 1.07 bits per heavy atom. The highest BCUT2D eigenvalue weighted by molar-refractivity contribution is 5.95. The molecule has 2 aromatic rings. The van der Waals surface area contributed by atoms with Crippen molar-refractivity contribution in [2.24, 2.45) is 11.8 Å². The number of nitrogens with one attached hydrogen (secondary N) is 1. The molecule has 2 aliphatic rings. The van der Waals surface area contributed by atoms with E-state index >= 15 is 0 Å². The Morgan fingerprint density at radius 2 is 1.70 bits per heavy atom. The minimum atomic E-state index is -0.521. The smallest absolute Gasteiger partial charge is 0.270 e. The number of carbonyl (C=O) groups excluding carboxylic acids is 1. The Kier molecular flexibility index (Phi) is 4.54. The normalized spacial score (nSPS) is 27.3. The molecule has 0 spiro atoms. The highest BCUT2D eigenvalue weighted by Gasteiger charge is 2.44. The number of H-pyrrole nitrogens is 1. The number of amides is 1. The summed E-state index contributed by atoms with van der Waals surface area (Å²) >= 11 is 0. The summed E-state index contributed by atoms with van der Waals surface area (Å²) in [6.07, 6.45) is 4.38. The molecule has 2 fully saturated rings. The van der Waals surface area contributed by atoms with Crippen LogP contribution in [0.15, 0.2) is 29.1 Å². The Hall–Kier alpha value is -2.21. The molecule has 0 aliphatic heterocycles. The number of pyridine rings is 1. The van der Waals surface area contributed by atoms with Crippen molar-refractivity contribution < 1.29 is 9.18 Å². The molecule has 0 bridgehead atoms. The van der Waals surface area contributed by atoms with Crippen LogP contribution in [0.3, 0.4) is 0 Å². The van der Waals surface area contributed by atoms with Gasteiger partial charge in [-0.25, -0.2) is 4.39 Å². The van der Waals surface area contributed by atoms with Crippen molar-refractivity contribution in [2.75, 3.05) is 21.1 Å². The van der Waals surface area contributed by atoms with Gasteiger partial charge in [0, 0.05) is 30.6 Å². The van der Waals surface area contributed by atoms with Gasteiger partial charge in [-0.1, -0.05) is 6.07 Å². The monoisotopic (exact) mass is 371 g/mol. The van der Waals surface area contributed by atoms with E-state index in [1.807, 2.05) is 0 Å². The lowest BCUT2D eigenvalue weighted by Crippen LogP contribution is -2.37. The summed E-state index contributed by atoms with van der Waals surface area (Å²) in [7, 11) is 6.06. The summed E-state index contributed by atoms with van der Waals surface area (Å²) in [5.74, 6) is 0.551. The van der Waals surface area contributed by atoms with Gasteiger partial charge in [-0.05, 0) is 63.7 Å². The van der Waals surface area contributed by atoms with Crippen molar-refractivity contribution in [2.45, 2.75) is 37.8 Å². The van der Waals surface area contributed by atoms with Gasteiger partial charge >= 0.3 is 0 Å². The third-order valence-corrected chi connectivity index (χ3v) is 6.61. The van der Waals surface area contributed by atoms with E-state index in [1.54, 1.807) is 18.0 Å². The van der Waals surface area contributed by atoms with Crippen LogP contribution in [0.25, 0.3) is 10.9 Å². The van der Waals surface area contributed by atoms with Gasteiger partial charge in [-0.2, -0.15) is 0 Å². The van der Waals surface area contributed by atoms with E-state index in [0.29, 0.717) is 17.9 Å². The first-order chi connectivity index (χ1) is 12.8. The van der Waals surface area contributed by atoms with Crippen LogP contribution >= 0.6 is 0 Å². The van der Waals surface area contributed by atoms with Crippen molar-refractivity contribution in [3.63, 3.8) is 0 Å². The number of nitrogens with zero attached hydrogens (tertiary/aromatic N) is 2. The van der Waals surface area contributed by atoms with Crippen molar-refractivity contribution in [1.82, 2.24) is 14.8 Å². The van der Waals surface area contributed by atoms with Gasteiger partial charge in [-0.3, -0.25) is 9.59 Å².